The van der Waals surface area contributed by atoms with Crippen LogP contribution < -0.4 is 0 Å². The topological polar surface area (TPSA) is 17.8 Å². The lowest BCUT2D eigenvalue weighted by Crippen LogP contribution is -1.90. The molecule has 0 aliphatic rings. The number of hydrogen-bond acceptors (Lipinski definition) is 1. The van der Waals surface area contributed by atoms with E-state index in [9.17, 15) is 0 Å². The Hall–Kier alpha value is -1.31. The smallest absolute Gasteiger partial charge is 0.106 e. The zero-order chi connectivity index (χ0) is 9.59. The summed E-state index contributed by atoms with van der Waals surface area (Å²) in [6.45, 7) is 6.29. The van der Waals surface area contributed by atoms with E-state index in [1.165, 1.54) is 16.6 Å². The van der Waals surface area contributed by atoms with E-state index in [-0.39, 0.29) is 0 Å². The molecular weight excluding hydrogens is 160 g/mol. The first-order valence-electron chi connectivity index (χ1n) is 4.50. The Morgan fingerprint density at radius 3 is 2.38 bits per heavy atom. The number of hydrogen-bond donors (Lipinski definition) is 0. The lowest BCUT2D eigenvalue weighted by Gasteiger charge is -2.00. The van der Waals surface area contributed by atoms with Crippen molar-refractivity contribution in [3.05, 3.63) is 29.1 Å². The van der Waals surface area contributed by atoms with Gasteiger partial charge in [-0.15, -0.1) is 0 Å². The Morgan fingerprint density at radius 2 is 1.69 bits per heavy atom. The molecule has 0 bridgehead atoms. The van der Waals surface area contributed by atoms with Gasteiger partial charge in [0.15, 0.2) is 0 Å². The third kappa shape index (κ3) is 1.13. The second-order valence-electron chi connectivity index (χ2n) is 3.64. The molecule has 68 valence electrons. The van der Waals surface area contributed by atoms with E-state index in [1.54, 1.807) is 0 Å². The maximum absolute atomic E-state index is 4.48. The Kier molecular flexibility index (Phi) is 1.65. The molecule has 0 unspecified atom stereocenters. The van der Waals surface area contributed by atoms with Crippen molar-refractivity contribution in [3.8, 4) is 0 Å². The highest BCUT2D eigenvalue weighted by molar-refractivity contribution is 5.77. The van der Waals surface area contributed by atoms with E-state index >= 15 is 0 Å². The summed E-state index contributed by atoms with van der Waals surface area (Å²) in [6.07, 6.45) is 0. The van der Waals surface area contributed by atoms with Crippen molar-refractivity contribution >= 4 is 11.0 Å². The van der Waals surface area contributed by atoms with Crippen molar-refractivity contribution in [1.29, 1.82) is 0 Å². The average molecular weight is 174 g/mol. The molecule has 0 radical (unpaired) electrons. The van der Waals surface area contributed by atoms with Crippen molar-refractivity contribution in [1.82, 2.24) is 9.55 Å². The van der Waals surface area contributed by atoms with Crippen LogP contribution in [-0.4, -0.2) is 9.55 Å². The summed E-state index contributed by atoms with van der Waals surface area (Å²) in [6, 6.07) is 4.35. The lowest BCUT2D eigenvalue weighted by molar-refractivity contribution is 0.885. The number of aryl methyl sites for hydroxylation is 4. The van der Waals surface area contributed by atoms with Gasteiger partial charge < -0.3 is 4.57 Å². The fraction of sp³-hybridized carbons (Fsp3) is 0.364. The molecule has 0 aliphatic carbocycles. The number of benzene rings is 1. The Labute approximate surface area is 78.2 Å². The first kappa shape index (κ1) is 8.30. The maximum atomic E-state index is 4.48. The van der Waals surface area contributed by atoms with E-state index in [0.717, 1.165) is 11.3 Å². The van der Waals surface area contributed by atoms with Crippen LogP contribution in [0.5, 0.6) is 0 Å². The molecule has 0 saturated heterocycles. The third-order valence-electron chi connectivity index (χ3n) is 2.72. The van der Waals surface area contributed by atoms with Gasteiger partial charge in [0.25, 0.3) is 0 Å². The predicted molar refractivity (Wildman–Crippen MR) is 54.9 cm³/mol. The summed E-state index contributed by atoms with van der Waals surface area (Å²) in [7, 11) is 2.06. The van der Waals surface area contributed by atoms with Crippen LogP contribution in [0, 0.1) is 20.8 Å². The molecule has 0 aliphatic heterocycles. The molecule has 2 rings (SSSR count). The van der Waals surface area contributed by atoms with Crippen LogP contribution >= 0.6 is 0 Å². The van der Waals surface area contributed by atoms with Crippen LogP contribution in [0.25, 0.3) is 11.0 Å². The number of rotatable bonds is 0. The quantitative estimate of drug-likeness (QED) is 0.600. The maximum Gasteiger partial charge on any atom is 0.106 e. The van der Waals surface area contributed by atoms with Gasteiger partial charge in [0.1, 0.15) is 5.82 Å². The lowest BCUT2D eigenvalue weighted by atomic mass is 10.1. The van der Waals surface area contributed by atoms with Crippen LogP contribution in [-0.2, 0) is 7.05 Å². The predicted octanol–water partition coefficient (Wildman–Crippen LogP) is 2.50. The first-order valence-corrected chi connectivity index (χ1v) is 4.50. The van der Waals surface area contributed by atoms with E-state index in [0.29, 0.717) is 0 Å². The Bertz CT molecular complexity index is 466. The van der Waals surface area contributed by atoms with Crippen LogP contribution in [0.4, 0.5) is 0 Å². The third-order valence-corrected chi connectivity index (χ3v) is 2.72. The molecule has 2 nitrogen and oxygen atoms in total. The first-order chi connectivity index (χ1) is 6.09. The molecule has 2 aromatic rings. The van der Waals surface area contributed by atoms with Gasteiger partial charge in [0.05, 0.1) is 11.0 Å². The van der Waals surface area contributed by atoms with E-state index in [1.807, 2.05) is 6.92 Å². The monoisotopic (exact) mass is 174 g/mol. The number of aromatic nitrogens is 2. The molecule has 0 amide bonds. The van der Waals surface area contributed by atoms with Gasteiger partial charge in [0, 0.05) is 7.05 Å². The van der Waals surface area contributed by atoms with Crippen molar-refractivity contribution < 1.29 is 0 Å². The Morgan fingerprint density at radius 1 is 1.08 bits per heavy atom. The van der Waals surface area contributed by atoms with Crippen molar-refractivity contribution in [2.45, 2.75) is 20.8 Å². The SMILES string of the molecule is Cc1cc2nc(C)n(C)c2cc1C. The van der Waals surface area contributed by atoms with Gasteiger partial charge >= 0.3 is 0 Å². The summed E-state index contributed by atoms with van der Waals surface area (Å²) < 4.78 is 2.13. The van der Waals surface area contributed by atoms with E-state index in [2.05, 4.69) is 42.6 Å². The number of imidazole rings is 1. The van der Waals surface area contributed by atoms with Gasteiger partial charge in [-0.3, -0.25) is 0 Å². The number of fused-ring (bicyclic) bond motifs is 1. The summed E-state index contributed by atoms with van der Waals surface area (Å²) in [5.41, 5.74) is 4.96. The largest absolute Gasteiger partial charge is 0.331 e. The summed E-state index contributed by atoms with van der Waals surface area (Å²) >= 11 is 0. The van der Waals surface area contributed by atoms with Crippen LogP contribution in [0.2, 0.25) is 0 Å². The van der Waals surface area contributed by atoms with E-state index < -0.39 is 0 Å². The minimum Gasteiger partial charge on any atom is -0.331 e. The molecule has 1 aromatic heterocycles. The van der Waals surface area contributed by atoms with Crippen molar-refractivity contribution in [3.63, 3.8) is 0 Å². The summed E-state index contributed by atoms with van der Waals surface area (Å²) in [5.74, 6) is 1.07. The zero-order valence-electron chi connectivity index (χ0n) is 8.55. The fourth-order valence-corrected chi connectivity index (χ4v) is 1.57. The van der Waals surface area contributed by atoms with Crippen LogP contribution in [0.3, 0.4) is 0 Å². The highest BCUT2D eigenvalue weighted by Crippen LogP contribution is 2.19. The molecule has 0 spiro atoms. The average Bonchev–Trinajstić information content (AvgIpc) is 2.32. The van der Waals surface area contributed by atoms with Crippen LogP contribution in [0.1, 0.15) is 17.0 Å². The fourth-order valence-electron chi connectivity index (χ4n) is 1.57. The normalized spacial score (nSPS) is 11.1. The molecule has 13 heavy (non-hydrogen) atoms. The van der Waals surface area contributed by atoms with Gasteiger partial charge in [-0.2, -0.15) is 0 Å². The Balaban J connectivity index is 2.89. The highest BCUT2D eigenvalue weighted by atomic mass is 15.0. The number of nitrogens with zero attached hydrogens (tertiary/aromatic N) is 2. The summed E-state index contributed by atoms with van der Waals surface area (Å²) in [5, 5.41) is 0. The standard InChI is InChI=1S/C11H14N2/c1-7-5-10-11(6-8(7)2)13(4)9(3)12-10/h5-6H,1-4H3. The van der Waals surface area contributed by atoms with Crippen molar-refractivity contribution in [2.24, 2.45) is 7.05 Å². The van der Waals surface area contributed by atoms with Gasteiger partial charge in [-0.25, -0.2) is 4.98 Å². The molecule has 0 N–H and O–H groups in total. The summed E-state index contributed by atoms with van der Waals surface area (Å²) in [4.78, 5) is 4.48. The minimum atomic E-state index is 1.07. The molecule has 0 atom stereocenters. The molecule has 1 aromatic carbocycles. The van der Waals surface area contributed by atoms with Crippen LogP contribution in [0.15, 0.2) is 12.1 Å². The molecule has 1 heterocycles. The molecule has 0 saturated carbocycles. The van der Waals surface area contributed by atoms with E-state index in [4.69, 9.17) is 0 Å². The van der Waals surface area contributed by atoms with Gasteiger partial charge in [0.2, 0.25) is 0 Å². The second-order valence-corrected chi connectivity index (χ2v) is 3.64. The van der Waals surface area contributed by atoms with Crippen molar-refractivity contribution in [2.75, 3.05) is 0 Å². The second kappa shape index (κ2) is 2.59. The van der Waals surface area contributed by atoms with Gasteiger partial charge in [-0.1, -0.05) is 0 Å². The zero-order valence-corrected chi connectivity index (χ0v) is 8.55. The minimum absolute atomic E-state index is 1.07. The molecule has 2 heteroatoms. The highest BCUT2D eigenvalue weighted by Gasteiger charge is 2.04. The molecular formula is C11H14N2. The van der Waals surface area contributed by atoms with Gasteiger partial charge in [-0.05, 0) is 44.0 Å². The molecule has 0 fully saturated rings.